The smallest absolute Gasteiger partial charge is 0.0854 e. The Balaban J connectivity index is 2.29. The van der Waals surface area contributed by atoms with Crippen LogP contribution in [0.2, 0.25) is 0 Å². The van der Waals surface area contributed by atoms with Crippen molar-refractivity contribution in [2.45, 2.75) is 31.9 Å². The topological polar surface area (TPSA) is 47.3 Å². The van der Waals surface area contributed by atoms with E-state index in [1.54, 1.807) is 7.11 Å². The molecule has 0 fully saturated rings. The number of benzene rings is 2. The van der Waals surface area contributed by atoms with Gasteiger partial charge in [-0.25, -0.2) is 0 Å². The van der Waals surface area contributed by atoms with E-state index in [1.807, 2.05) is 18.2 Å². The molecule has 0 saturated carbocycles. The predicted octanol–water partition coefficient (Wildman–Crippen LogP) is 3.67. The summed E-state index contributed by atoms with van der Waals surface area (Å²) < 4.78 is 5.67. The van der Waals surface area contributed by atoms with E-state index in [0.717, 1.165) is 12.0 Å². The first-order valence-electron chi connectivity index (χ1n) is 7.31. The zero-order valence-electron chi connectivity index (χ0n) is 13.0. The highest BCUT2D eigenvalue weighted by Gasteiger charge is 2.33. The molecular formula is C18H24N2O. The van der Waals surface area contributed by atoms with E-state index in [9.17, 15) is 0 Å². The second-order valence-corrected chi connectivity index (χ2v) is 5.46. The fourth-order valence-corrected chi connectivity index (χ4v) is 2.59. The van der Waals surface area contributed by atoms with Gasteiger partial charge in [0.05, 0.1) is 11.6 Å². The third-order valence-electron chi connectivity index (χ3n) is 4.30. The molecule has 21 heavy (non-hydrogen) atoms. The lowest BCUT2D eigenvalue weighted by Crippen LogP contribution is -2.45. The molecule has 2 aromatic carbocycles. The average Bonchev–Trinajstić information content (AvgIpc) is 2.56. The van der Waals surface area contributed by atoms with Crippen LogP contribution in [-0.2, 0) is 4.74 Å². The highest BCUT2D eigenvalue weighted by Crippen LogP contribution is 2.32. The van der Waals surface area contributed by atoms with Crippen molar-refractivity contribution in [3.05, 3.63) is 60.2 Å². The first-order valence-corrected chi connectivity index (χ1v) is 7.31. The highest BCUT2D eigenvalue weighted by molar-refractivity contribution is 5.63. The van der Waals surface area contributed by atoms with E-state index >= 15 is 0 Å². The van der Waals surface area contributed by atoms with E-state index in [1.165, 1.54) is 11.1 Å². The van der Waals surface area contributed by atoms with Crippen molar-refractivity contribution >= 4 is 0 Å². The lowest BCUT2D eigenvalue weighted by Gasteiger charge is -2.35. The fraction of sp³-hybridized carbons (Fsp3) is 0.333. The van der Waals surface area contributed by atoms with Crippen LogP contribution in [0.3, 0.4) is 0 Å². The SMILES string of the molecule is CCC(C)(OC)C(NN)c1ccc(-c2ccccc2)cc1. The summed E-state index contributed by atoms with van der Waals surface area (Å²) in [6, 6.07) is 18.8. The Labute approximate surface area is 127 Å². The average molecular weight is 284 g/mol. The van der Waals surface area contributed by atoms with Gasteiger partial charge in [-0.3, -0.25) is 11.3 Å². The summed E-state index contributed by atoms with van der Waals surface area (Å²) in [5.41, 5.74) is 6.11. The van der Waals surface area contributed by atoms with Crippen LogP contribution in [0.15, 0.2) is 54.6 Å². The van der Waals surface area contributed by atoms with Crippen molar-refractivity contribution in [3.8, 4) is 11.1 Å². The van der Waals surface area contributed by atoms with Crippen molar-refractivity contribution in [1.29, 1.82) is 0 Å². The van der Waals surface area contributed by atoms with Crippen molar-refractivity contribution in [3.63, 3.8) is 0 Å². The third-order valence-corrected chi connectivity index (χ3v) is 4.30. The second kappa shape index (κ2) is 6.85. The van der Waals surface area contributed by atoms with E-state index < -0.39 is 0 Å². The molecule has 0 amide bonds. The number of nitrogens with one attached hydrogen (secondary N) is 1. The number of methoxy groups -OCH3 is 1. The molecule has 0 aliphatic carbocycles. The molecule has 0 aliphatic heterocycles. The minimum Gasteiger partial charge on any atom is -0.376 e. The molecule has 112 valence electrons. The Bertz CT molecular complexity index is 547. The minimum absolute atomic E-state index is 0.0441. The van der Waals surface area contributed by atoms with Crippen LogP contribution in [0.1, 0.15) is 31.9 Å². The van der Waals surface area contributed by atoms with Crippen LogP contribution in [0.5, 0.6) is 0 Å². The summed E-state index contributed by atoms with van der Waals surface area (Å²) in [5, 5.41) is 0. The quantitative estimate of drug-likeness (QED) is 0.628. The minimum atomic E-state index is -0.330. The molecule has 2 aromatic rings. The van der Waals surface area contributed by atoms with Gasteiger partial charge >= 0.3 is 0 Å². The third kappa shape index (κ3) is 3.32. The summed E-state index contributed by atoms with van der Waals surface area (Å²) in [4.78, 5) is 0. The van der Waals surface area contributed by atoms with Crippen LogP contribution < -0.4 is 11.3 Å². The van der Waals surface area contributed by atoms with Crippen molar-refractivity contribution in [2.24, 2.45) is 5.84 Å². The van der Waals surface area contributed by atoms with Crippen molar-refractivity contribution in [2.75, 3.05) is 7.11 Å². The van der Waals surface area contributed by atoms with Crippen LogP contribution >= 0.6 is 0 Å². The van der Waals surface area contributed by atoms with E-state index in [-0.39, 0.29) is 11.6 Å². The van der Waals surface area contributed by atoms with E-state index in [2.05, 4.69) is 55.7 Å². The molecular weight excluding hydrogens is 260 g/mol. The second-order valence-electron chi connectivity index (χ2n) is 5.46. The highest BCUT2D eigenvalue weighted by atomic mass is 16.5. The Morgan fingerprint density at radius 1 is 1.05 bits per heavy atom. The zero-order valence-corrected chi connectivity index (χ0v) is 13.0. The molecule has 0 bridgehead atoms. The monoisotopic (exact) mass is 284 g/mol. The van der Waals surface area contributed by atoms with Gasteiger partial charge in [0.2, 0.25) is 0 Å². The number of rotatable bonds is 6. The molecule has 0 aliphatic rings. The van der Waals surface area contributed by atoms with Gasteiger partial charge in [-0.05, 0) is 30.0 Å². The zero-order chi connectivity index (χ0) is 15.3. The Morgan fingerprint density at radius 2 is 1.62 bits per heavy atom. The fourth-order valence-electron chi connectivity index (χ4n) is 2.59. The summed E-state index contributed by atoms with van der Waals surface area (Å²) >= 11 is 0. The van der Waals surface area contributed by atoms with Gasteiger partial charge in [0.25, 0.3) is 0 Å². The van der Waals surface area contributed by atoms with Crippen LogP contribution in [0.4, 0.5) is 0 Å². The lowest BCUT2D eigenvalue weighted by molar-refractivity contribution is -0.0300. The standard InChI is InChI=1S/C18H24N2O/c1-4-18(2,21-3)17(20-19)16-12-10-15(11-13-16)14-8-6-5-7-9-14/h5-13,17,20H,4,19H2,1-3H3. The van der Waals surface area contributed by atoms with Gasteiger partial charge in [-0.1, -0.05) is 61.5 Å². The predicted molar refractivity (Wildman–Crippen MR) is 87.6 cm³/mol. The molecule has 3 nitrogen and oxygen atoms in total. The van der Waals surface area contributed by atoms with Gasteiger partial charge < -0.3 is 4.74 Å². The normalized spacial score (nSPS) is 15.4. The van der Waals surface area contributed by atoms with Crippen LogP contribution in [0, 0.1) is 0 Å². The molecule has 2 rings (SSSR count). The summed E-state index contributed by atoms with van der Waals surface area (Å²) in [5.74, 6) is 5.76. The number of hydrogen-bond donors (Lipinski definition) is 2. The van der Waals surface area contributed by atoms with Crippen molar-refractivity contribution < 1.29 is 4.74 Å². The van der Waals surface area contributed by atoms with Gasteiger partial charge in [0.1, 0.15) is 0 Å². The van der Waals surface area contributed by atoms with Gasteiger partial charge in [0, 0.05) is 7.11 Å². The molecule has 0 radical (unpaired) electrons. The lowest BCUT2D eigenvalue weighted by atomic mass is 9.87. The van der Waals surface area contributed by atoms with Crippen LogP contribution in [-0.4, -0.2) is 12.7 Å². The molecule has 0 heterocycles. The summed E-state index contributed by atoms with van der Waals surface area (Å²) in [6.45, 7) is 4.18. The number of hydrogen-bond acceptors (Lipinski definition) is 3. The summed E-state index contributed by atoms with van der Waals surface area (Å²) in [7, 11) is 1.73. The van der Waals surface area contributed by atoms with Gasteiger partial charge in [0.15, 0.2) is 0 Å². The number of nitrogens with two attached hydrogens (primary N) is 1. The van der Waals surface area contributed by atoms with E-state index in [0.29, 0.717) is 0 Å². The molecule has 2 atom stereocenters. The molecule has 3 N–H and O–H groups in total. The first-order chi connectivity index (χ1) is 10.1. The van der Waals surface area contributed by atoms with Crippen LogP contribution in [0.25, 0.3) is 11.1 Å². The molecule has 0 saturated heterocycles. The maximum absolute atomic E-state index is 5.76. The molecule has 0 spiro atoms. The Morgan fingerprint density at radius 3 is 2.10 bits per heavy atom. The maximum atomic E-state index is 5.76. The molecule has 2 unspecified atom stereocenters. The largest absolute Gasteiger partial charge is 0.376 e. The molecule has 0 aromatic heterocycles. The summed E-state index contributed by atoms with van der Waals surface area (Å²) in [6.07, 6.45) is 0.874. The Kier molecular flexibility index (Phi) is 5.12. The maximum Gasteiger partial charge on any atom is 0.0854 e. The number of ether oxygens (including phenoxy) is 1. The van der Waals surface area contributed by atoms with Gasteiger partial charge in [-0.15, -0.1) is 0 Å². The number of hydrazine groups is 1. The molecule has 3 heteroatoms. The Hall–Kier alpha value is -1.68. The first kappa shape index (κ1) is 15.7. The van der Waals surface area contributed by atoms with Gasteiger partial charge in [-0.2, -0.15) is 0 Å². The van der Waals surface area contributed by atoms with Crippen molar-refractivity contribution in [1.82, 2.24) is 5.43 Å². The van der Waals surface area contributed by atoms with E-state index in [4.69, 9.17) is 10.6 Å².